The number of hydrogen-bond donors (Lipinski definition) is 6. The molecule has 21 nitrogen and oxygen atoms in total. The third-order valence-electron chi connectivity index (χ3n) is 6.55. The van der Waals surface area contributed by atoms with Gasteiger partial charge in [-0.2, -0.15) is 0 Å². The third kappa shape index (κ3) is 26.7. The Kier molecular flexibility index (Phi) is 27.1. The van der Waals surface area contributed by atoms with Crippen LogP contribution in [-0.4, -0.2) is 181 Å². The maximum absolute atomic E-state index is 12.1. The first-order valence-electron chi connectivity index (χ1n) is 17.3. The van der Waals surface area contributed by atoms with Gasteiger partial charge in [-0.25, -0.2) is 9.13 Å². The predicted octanol–water partition coefficient (Wildman–Crippen LogP) is -0.250. The van der Waals surface area contributed by atoms with Crippen molar-refractivity contribution < 1.29 is 95.0 Å². The zero-order valence-corrected chi connectivity index (χ0v) is 32.9. The van der Waals surface area contributed by atoms with Gasteiger partial charge >= 0.3 is 15.6 Å². The Morgan fingerprint density at radius 1 is 0.642 bits per heavy atom. The Labute approximate surface area is 310 Å². The predicted molar refractivity (Wildman–Crippen MR) is 184 cm³/mol. The molecule has 0 saturated carbocycles. The Morgan fingerprint density at radius 2 is 1.06 bits per heavy atom. The lowest BCUT2D eigenvalue weighted by Gasteiger charge is -2.42. The smallest absolute Gasteiger partial charge is 0.394 e. The number of hydrogen-bond acceptors (Lipinski definition) is 18. The van der Waals surface area contributed by atoms with Gasteiger partial charge in [-0.1, -0.05) is 20.8 Å². The Bertz CT molecular complexity index is 1040. The summed E-state index contributed by atoms with van der Waals surface area (Å²) in [5.41, 5.74) is 0.0526. The average Bonchev–Trinajstić information content (AvgIpc) is 3.08. The molecule has 6 N–H and O–H groups in total. The Morgan fingerprint density at radius 3 is 1.47 bits per heavy atom. The highest BCUT2D eigenvalue weighted by molar-refractivity contribution is 7.47. The van der Waals surface area contributed by atoms with Crippen LogP contribution in [0.25, 0.3) is 0 Å². The van der Waals surface area contributed by atoms with E-state index in [-0.39, 0.29) is 64.9 Å². The van der Waals surface area contributed by atoms with Gasteiger partial charge in [0, 0.05) is 13.5 Å². The van der Waals surface area contributed by atoms with Gasteiger partial charge in [0.15, 0.2) is 6.29 Å². The number of nitrogens with one attached hydrogen (secondary N) is 1. The Balaban J connectivity index is 1.92. The Hall–Kier alpha value is -0.750. The molecule has 0 spiro atoms. The molecule has 1 heterocycles. The van der Waals surface area contributed by atoms with Crippen molar-refractivity contribution in [2.75, 3.05) is 119 Å². The fourth-order valence-corrected chi connectivity index (χ4v) is 5.55. The standard InChI is InChI=1S/C30H61NO20P2/c1-24(33)31-26-28(35)27(34)25(22-32)51-29(26)46-18-21-50-53(38,39)49-20-17-44-15-13-42-11-9-40-8-10-41-12-14-43-16-19-48-52(36,37)47-7-5-6-45-23-30(2,3)4/h25-29,32,34-35H,5-23H2,1-4H3,(H,31,33)(H,36,37)(H,38,39)/t25-,26-,27+,28-,29-/m1/s1. The van der Waals surface area contributed by atoms with Gasteiger partial charge in [0.05, 0.1) is 112 Å². The lowest BCUT2D eigenvalue weighted by molar-refractivity contribution is -0.271. The molecule has 1 fully saturated rings. The topological polar surface area (TPSA) is 275 Å². The second kappa shape index (κ2) is 28.6. The maximum atomic E-state index is 12.1. The van der Waals surface area contributed by atoms with Crippen molar-refractivity contribution in [2.24, 2.45) is 5.41 Å². The van der Waals surface area contributed by atoms with E-state index >= 15 is 0 Å². The van der Waals surface area contributed by atoms with Crippen LogP contribution in [0.3, 0.4) is 0 Å². The second-order valence-corrected chi connectivity index (χ2v) is 15.5. The first-order valence-corrected chi connectivity index (χ1v) is 20.3. The molecule has 0 aliphatic carbocycles. The van der Waals surface area contributed by atoms with Gasteiger partial charge in [-0.3, -0.25) is 22.9 Å². The molecule has 2 unspecified atom stereocenters. The van der Waals surface area contributed by atoms with Crippen LogP contribution in [0.4, 0.5) is 0 Å². The van der Waals surface area contributed by atoms with Crippen LogP contribution in [-0.2, 0) is 69.9 Å². The van der Waals surface area contributed by atoms with E-state index in [0.717, 1.165) is 0 Å². The molecular formula is C30H61NO20P2. The molecule has 0 aromatic rings. The summed E-state index contributed by atoms with van der Waals surface area (Å²) in [5.74, 6) is -0.525. The van der Waals surface area contributed by atoms with Crippen LogP contribution in [0.2, 0.25) is 0 Å². The highest BCUT2D eigenvalue weighted by Gasteiger charge is 2.45. The fraction of sp³-hybridized carbons (Fsp3) is 0.967. The number of rotatable bonds is 33. The van der Waals surface area contributed by atoms with Crippen molar-refractivity contribution in [1.29, 1.82) is 0 Å². The van der Waals surface area contributed by atoms with E-state index < -0.39 is 65.4 Å². The molecule has 316 valence electrons. The fourth-order valence-electron chi connectivity index (χ4n) is 4.13. The number of aliphatic hydroxyl groups is 3. The molecule has 0 radical (unpaired) electrons. The normalized spacial score (nSPS) is 23.1. The number of ether oxygens (including phenoxy) is 8. The monoisotopic (exact) mass is 817 g/mol. The van der Waals surface area contributed by atoms with E-state index in [1.165, 1.54) is 6.92 Å². The van der Waals surface area contributed by atoms with Crippen molar-refractivity contribution in [2.45, 2.75) is 64.8 Å². The summed E-state index contributed by atoms with van der Waals surface area (Å²) in [6.45, 7) is 9.13. The molecule has 1 saturated heterocycles. The van der Waals surface area contributed by atoms with Gasteiger partial charge in [-0.15, -0.1) is 0 Å². The van der Waals surface area contributed by atoms with Gasteiger partial charge < -0.3 is 68.3 Å². The number of carbonyl (C=O) groups excluding carboxylic acids is 1. The van der Waals surface area contributed by atoms with E-state index in [2.05, 4.69) is 26.1 Å². The van der Waals surface area contributed by atoms with E-state index in [0.29, 0.717) is 52.7 Å². The molecule has 7 atom stereocenters. The first kappa shape index (κ1) is 50.3. The van der Waals surface area contributed by atoms with Crippen LogP contribution < -0.4 is 5.32 Å². The van der Waals surface area contributed by atoms with Crippen molar-refractivity contribution in [3.05, 3.63) is 0 Å². The first-order chi connectivity index (χ1) is 25.1. The summed E-state index contributed by atoms with van der Waals surface area (Å²) < 4.78 is 86.3. The highest BCUT2D eigenvalue weighted by Crippen LogP contribution is 2.43. The molecule has 1 aliphatic rings. The minimum Gasteiger partial charge on any atom is -0.394 e. The minimum absolute atomic E-state index is 0.0135. The number of carbonyl (C=O) groups is 1. The van der Waals surface area contributed by atoms with Gasteiger partial charge in [0.25, 0.3) is 0 Å². The van der Waals surface area contributed by atoms with Crippen LogP contribution in [0.1, 0.15) is 34.1 Å². The molecular weight excluding hydrogens is 756 g/mol. The molecule has 23 heteroatoms. The van der Waals surface area contributed by atoms with Crippen molar-refractivity contribution >= 4 is 21.6 Å². The number of aliphatic hydroxyl groups excluding tert-OH is 3. The minimum atomic E-state index is -4.44. The molecule has 0 bridgehead atoms. The van der Waals surface area contributed by atoms with Crippen molar-refractivity contribution in [1.82, 2.24) is 5.32 Å². The summed E-state index contributed by atoms with van der Waals surface area (Å²) in [4.78, 5) is 30.9. The second-order valence-electron chi connectivity index (χ2n) is 12.6. The van der Waals surface area contributed by atoms with Gasteiger partial charge in [0.1, 0.15) is 24.4 Å². The summed E-state index contributed by atoms with van der Waals surface area (Å²) in [6, 6.07) is -1.16. The van der Waals surface area contributed by atoms with Crippen molar-refractivity contribution in [3.63, 3.8) is 0 Å². The zero-order valence-electron chi connectivity index (χ0n) is 31.1. The summed E-state index contributed by atoms with van der Waals surface area (Å²) in [7, 11) is -8.58. The number of phosphoric acid groups is 2. The van der Waals surface area contributed by atoms with E-state index in [1.54, 1.807) is 0 Å². The lowest BCUT2D eigenvalue weighted by atomic mass is 9.97. The summed E-state index contributed by atoms with van der Waals surface area (Å²) >= 11 is 0. The molecule has 53 heavy (non-hydrogen) atoms. The largest absolute Gasteiger partial charge is 0.472 e. The zero-order chi connectivity index (χ0) is 39.6. The van der Waals surface area contributed by atoms with E-state index in [4.69, 9.17) is 56.0 Å². The quantitative estimate of drug-likeness (QED) is 0.0368. The molecule has 0 aromatic carbocycles. The van der Waals surface area contributed by atoms with Crippen LogP contribution in [0, 0.1) is 5.41 Å². The molecule has 0 aromatic heterocycles. The molecule has 1 amide bonds. The summed E-state index contributed by atoms with van der Waals surface area (Å²) in [6.07, 6.45) is -4.94. The van der Waals surface area contributed by atoms with Crippen LogP contribution in [0.5, 0.6) is 0 Å². The average molecular weight is 818 g/mol. The highest BCUT2D eigenvalue weighted by atomic mass is 31.2. The molecule has 1 aliphatic heterocycles. The van der Waals surface area contributed by atoms with E-state index in [1.807, 2.05) is 0 Å². The van der Waals surface area contributed by atoms with E-state index in [9.17, 15) is 39.0 Å². The maximum Gasteiger partial charge on any atom is 0.472 e. The van der Waals surface area contributed by atoms with Gasteiger partial charge in [0.2, 0.25) is 5.91 Å². The SMILES string of the molecule is CC(=O)N[C@H]1[C@H](OCCOP(=O)(O)OCCOCCOCCOCCOCCOCCOP(=O)(O)OCCCOCC(C)(C)C)O[C@H](CO)[C@H](O)[C@@H]1O. The third-order valence-corrected chi connectivity index (χ3v) is 8.58. The van der Waals surface area contributed by atoms with Crippen LogP contribution >= 0.6 is 15.6 Å². The lowest BCUT2D eigenvalue weighted by Crippen LogP contribution is -2.64. The summed E-state index contributed by atoms with van der Waals surface area (Å²) in [5, 5.41) is 32.0. The van der Waals surface area contributed by atoms with Crippen LogP contribution in [0.15, 0.2) is 0 Å². The molecule has 1 rings (SSSR count). The number of amides is 1. The van der Waals surface area contributed by atoms with Crippen molar-refractivity contribution in [3.8, 4) is 0 Å². The van der Waals surface area contributed by atoms with Gasteiger partial charge in [-0.05, 0) is 11.8 Å². The number of phosphoric ester groups is 2.